The number of aliphatic hydroxyl groups is 1. The molecule has 14 heavy (non-hydrogen) atoms. The van der Waals surface area contributed by atoms with Gasteiger partial charge in [-0.3, -0.25) is 0 Å². The molecule has 1 aromatic rings. The van der Waals surface area contributed by atoms with E-state index in [1.54, 1.807) is 19.9 Å². The van der Waals surface area contributed by atoms with Crippen molar-refractivity contribution in [3.63, 3.8) is 0 Å². The van der Waals surface area contributed by atoms with Gasteiger partial charge in [-0.15, -0.1) is 0 Å². The summed E-state index contributed by atoms with van der Waals surface area (Å²) in [4.78, 5) is 0. The third kappa shape index (κ3) is 1.85. The molecule has 0 atom stereocenters. The molecule has 0 aromatic heterocycles. The number of halogens is 2. The van der Waals surface area contributed by atoms with E-state index in [4.69, 9.17) is 10.8 Å². The molecule has 0 unspecified atom stereocenters. The minimum Gasteiger partial charge on any atom is -0.399 e. The minimum atomic E-state index is -3.22. The Kier molecular flexibility index (Phi) is 2.76. The van der Waals surface area contributed by atoms with Crippen molar-refractivity contribution in [1.29, 1.82) is 0 Å². The quantitative estimate of drug-likeness (QED) is 0.718. The monoisotopic (exact) mass is 201 g/mol. The highest BCUT2D eigenvalue weighted by atomic mass is 19.3. The standard InChI is InChI=1S/C10H13F2NO/c1-6-3-8(13)4-9(7(6)2)10(11,12)5-14/h3-4,14H,5,13H2,1-2H3. The summed E-state index contributed by atoms with van der Waals surface area (Å²) in [6.07, 6.45) is 0. The molecule has 0 aliphatic heterocycles. The molecule has 0 amide bonds. The lowest BCUT2D eigenvalue weighted by molar-refractivity contribution is -0.0561. The summed E-state index contributed by atoms with van der Waals surface area (Å²) in [6.45, 7) is 2.10. The van der Waals surface area contributed by atoms with Crippen molar-refractivity contribution in [1.82, 2.24) is 0 Å². The van der Waals surface area contributed by atoms with E-state index in [2.05, 4.69) is 0 Å². The van der Waals surface area contributed by atoms with Crippen molar-refractivity contribution < 1.29 is 13.9 Å². The van der Waals surface area contributed by atoms with Crippen LogP contribution in [0, 0.1) is 13.8 Å². The third-order valence-electron chi connectivity index (χ3n) is 2.28. The summed E-state index contributed by atoms with van der Waals surface area (Å²) >= 11 is 0. The van der Waals surface area contributed by atoms with Crippen molar-refractivity contribution in [3.05, 3.63) is 28.8 Å². The molecular formula is C10H13F2NO. The maximum Gasteiger partial charge on any atom is 0.296 e. The van der Waals surface area contributed by atoms with Crippen LogP contribution in [0.1, 0.15) is 16.7 Å². The molecule has 2 nitrogen and oxygen atoms in total. The number of alkyl halides is 2. The lowest BCUT2D eigenvalue weighted by Gasteiger charge is -2.18. The van der Waals surface area contributed by atoms with E-state index in [0.29, 0.717) is 11.1 Å². The minimum absolute atomic E-state index is 0.197. The molecule has 0 heterocycles. The van der Waals surface area contributed by atoms with Crippen molar-refractivity contribution in [3.8, 4) is 0 Å². The fraction of sp³-hybridized carbons (Fsp3) is 0.400. The van der Waals surface area contributed by atoms with Crippen LogP contribution in [0.25, 0.3) is 0 Å². The van der Waals surface area contributed by atoms with Crippen molar-refractivity contribution in [2.45, 2.75) is 19.8 Å². The molecular weight excluding hydrogens is 188 g/mol. The van der Waals surface area contributed by atoms with Crippen LogP contribution < -0.4 is 5.73 Å². The molecule has 4 heteroatoms. The molecule has 0 aliphatic rings. The Bertz CT molecular complexity index is 350. The molecule has 0 radical (unpaired) electrons. The number of nitrogens with two attached hydrogens (primary N) is 1. The second-order valence-corrected chi connectivity index (χ2v) is 3.37. The summed E-state index contributed by atoms with van der Waals surface area (Å²) in [7, 11) is 0. The number of anilines is 1. The molecule has 1 rings (SSSR count). The average Bonchev–Trinajstić information content (AvgIpc) is 2.11. The van der Waals surface area contributed by atoms with Crippen LogP contribution in [-0.4, -0.2) is 11.7 Å². The van der Waals surface area contributed by atoms with Crippen LogP contribution >= 0.6 is 0 Å². The van der Waals surface area contributed by atoms with Gasteiger partial charge in [0.05, 0.1) is 0 Å². The molecule has 0 aliphatic carbocycles. The van der Waals surface area contributed by atoms with Crippen molar-refractivity contribution in [2.24, 2.45) is 0 Å². The molecule has 0 fully saturated rings. The van der Waals surface area contributed by atoms with E-state index >= 15 is 0 Å². The Morgan fingerprint density at radius 2 is 1.93 bits per heavy atom. The fourth-order valence-corrected chi connectivity index (χ4v) is 1.35. The smallest absolute Gasteiger partial charge is 0.296 e. The number of aliphatic hydroxyl groups excluding tert-OH is 1. The van der Waals surface area contributed by atoms with Crippen LogP contribution in [-0.2, 0) is 5.92 Å². The summed E-state index contributed by atoms with van der Waals surface area (Å²) < 4.78 is 26.4. The highest BCUT2D eigenvalue weighted by molar-refractivity contribution is 5.50. The molecule has 1 aromatic carbocycles. The van der Waals surface area contributed by atoms with Gasteiger partial charge >= 0.3 is 0 Å². The second-order valence-electron chi connectivity index (χ2n) is 3.37. The van der Waals surface area contributed by atoms with E-state index in [-0.39, 0.29) is 11.3 Å². The van der Waals surface area contributed by atoms with Gasteiger partial charge in [0.15, 0.2) is 0 Å². The number of rotatable bonds is 2. The number of nitrogen functional groups attached to an aromatic ring is 1. The van der Waals surface area contributed by atoms with Gasteiger partial charge in [0.25, 0.3) is 5.92 Å². The number of aryl methyl sites for hydroxylation is 1. The molecule has 0 bridgehead atoms. The maximum atomic E-state index is 13.2. The van der Waals surface area contributed by atoms with Crippen molar-refractivity contribution in [2.75, 3.05) is 12.3 Å². The van der Waals surface area contributed by atoms with E-state index in [1.165, 1.54) is 6.07 Å². The zero-order chi connectivity index (χ0) is 10.9. The first-order chi connectivity index (χ1) is 6.38. The lowest BCUT2D eigenvalue weighted by Crippen LogP contribution is -2.20. The molecule has 3 N–H and O–H groups in total. The zero-order valence-corrected chi connectivity index (χ0v) is 8.14. The molecule has 0 saturated heterocycles. The largest absolute Gasteiger partial charge is 0.399 e. The summed E-state index contributed by atoms with van der Waals surface area (Å²) in [5.41, 5.74) is 6.73. The molecule has 78 valence electrons. The van der Waals surface area contributed by atoms with Crippen LogP contribution in [0.5, 0.6) is 0 Å². The summed E-state index contributed by atoms with van der Waals surface area (Å²) in [5, 5.41) is 8.56. The summed E-state index contributed by atoms with van der Waals surface area (Å²) in [6, 6.07) is 2.84. The Hall–Kier alpha value is -1.16. The number of hydrogen-bond donors (Lipinski definition) is 2. The van der Waals surface area contributed by atoms with Gasteiger partial charge < -0.3 is 10.8 Å². The highest BCUT2D eigenvalue weighted by Crippen LogP contribution is 2.32. The van der Waals surface area contributed by atoms with E-state index < -0.39 is 12.5 Å². The van der Waals surface area contributed by atoms with Crippen LogP contribution in [0.2, 0.25) is 0 Å². The predicted octanol–water partition coefficient (Wildman–Crippen LogP) is 1.97. The average molecular weight is 201 g/mol. The van der Waals surface area contributed by atoms with Crippen LogP contribution in [0.4, 0.5) is 14.5 Å². The Morgan fingerprint density at radius 3 is 2.43 bits per heavy atom. The first-order valence-electron chi connectivity index (χ1n) is 4.24. The van der Waals surface area contributed by atoms with Crippen LogP contribution in [0.3, 0.4) is 0 Å². The predicted molar refractivity (Wildman–Crippen MR) is 51.3 cm³/mol. The van der Waals surface area contributed by atoms with E-state index in [1.807, 2.05) is 0 Å². The van der Waals surface area contributed by atoms with Gasteiger partial charge in [-0.05, 0) is 37.1 Å². The van der Waals surface area contributed by atoms with Gasteiger partial charge in [-0.25, -0.2) is 0 Å². The third-order valence-corrected chi connectivity index (χ3v) is 2.28. The molecule has 0 saturated carbocycles. The van der Waals surface area contributed by atoms with Gasteiger partial charge in [-0.1, -0.05) is 0 Å². The highest BCUT2D eigenvalue weighted by Gasteiger charge is 2.32. The first-order valence-corrected chi connectivity index (χ1v) is 4.24. The van der Waals surface area contributed by atoms with Crippen LogP contribution in [0.15, 0.2) is 12.1 Å². The van der Waals surface area contributed by atoms with Crippen molar-refractivity contribution >= 4 is 5.69 Å². The summed E-state index contributed by atoms with van der Waals surface area (Å²) in [5.74, 6) is -3.22. The fourth-order valence-electron chi connectivity index (χ4n) is 1.35. The van der Waals surface area contributed by atoms with E-state index in [9.17, 15) is 8.78 Å². The van der Waals surface area contributed by atoms with Gasteiger partial charge in [0.1, 0.15) is 6.61 Å². The first kappa shape index (κ1) is 10.9. The Labute approximate surface area is 81.4 Å². The lowest BCUT2D eigenvalue weighted by atomic mass is 9.98. The van der Waals surface area contributed by atoms with Gasteiger partial charge in [0.2, 0.25) is 0 Å². The second kappa shape index (κ2) is 3.53. The maximum absolute atomic E-state index is 13.2. The normalized spacial score (nSPS) is 11.8. The Morgan fingerprint density at radius 1 is 1.36 bits per heavy atom. The Balaban J connectivity index is 3.34. The topological polar surface area (TPSA) is 46.2 Å². The van der Waals surface area contributed by atoms with Gasteiger partial charge in [0, 0.05) is 11.3 Å². The van der Waals surface area contributed by atoms with E-state index in [0.717, 1.165) is 0 Å². The van der Waals surface area contributed by atoms with Gasteiger partial charge in [-0.2, -0.15) is 8.78 Å². The zero-order valence-electron chi connectivity index (χ0n) is 8.14. The number of benzene rings is 1. The SMILES string of the molecule is Cc1cc(N)cc(C(F)(F)CO)c1C. The number of hydrogen-bond acceptors (Lipinski definition) is 2. The molecule has 0 spiro atoms.